The molecule has 4 N–H and O–H groups in total. The van der Waals surface area contributed by atoms with E-state index >= 15 is 0 Å². The van der Waals surface area contributed by atoms with Crippen molar-refractivity contribution in [3.8, 4) is 17.0 Å². The van der Waals surface area contributed by atoms with Gasteiger partial charge in [0.05, 0.1) is 25.0 Å². The molecule has 0 unspecified atom stereocenters. The molecule has 8 nitrogen and oxygen atoms in total. The average molecular weight is 333 g/mol. The smallest absolute Gasteiger partial charge is 0.339 e. The van der Waals surface area contributed by atoms with Crippen LogP contribution in [-0.4, -0.2) is 57.1 Å². The molecule has 0 amide bonds. The van der Waals surface area contributed by atoms with E-state index in [1.54, 1.807) is 25.1 Å². The summed E-state index contributed by atoms with van der Waals surface area (Å²) >= 11 is 0. The van der Waals surface area contributed by atoms with Crippen molar-refractivity contribution >= 4 is 11.9 Å². The van der Waals surface area contributed by atoms with Gasteiger partial charge in [-0.2, -0.15) is 0 Å². The Hall–Kier alpha value is -2.71. The predicted octanol–water partition coefficient (Wildman–Crippen LogP) is 1.01. The van der Waals surface area contributed by atoms with Gasteiger partial charge < -0.3 is 25.4 Å². The van der Waals surface area contributed by atoms with Crippen LogP contribution in [0.4, 0.5) is 5.95 Å². The second-order valence-corrected chi connectivity index (χ2v) is 4.93. The molecule has 0 aliphatic rings. The van der Waals surface area contributed by atoms with E-state index in [-0.39, 0.29) is 24.7 Å². The first kappa shape index (κ1) is 17.6. The van der Waals surface area contributed by atoms with Crippen molar-refractivity contribution in [3.63, 3.8) is 0 Å². The molecule has 1 atom stereocenters. The van der Waals surface area contributed by atoms with Gasteiger partial charge >= 0.3 is 5.97 Å². The lowest BCUT2D eigenvalue weighted by Crippen LogP contribution is -2.23. The minimum atomic E-state index is -1.08. The van der Waals surface area contributed by atoms with Gasteiger partial charge in [-0.1, -0.05) is 0 Å². The van der Waals surface area contributed by atoms with E-state index < -0.39 is 12.1 Å². The number of nitrogens with zero attached hydrogens (tertiary/aromatic N) is 2. The first-order valence-corrected chi connectivity index (χ1v) is 7.41. The highest BCUT2D eigenvalue weighted by Gasteiger charge is 2.14. The summed E-state index contributed by atoms with van der Waals surface area (Å²) in [4.78, 5) is 19.7. The summed E-state index contributed by atoms with van der Waals surface area (Å²) in [5.74, 6) is -0.517. The summed E-state index contributed by atoms with van der Waals surface area (Å²) in [5.41, 5.74) is 1.18. The number of carbonyl (C=O) groups is 1. The second-order valence-electron chi connectivity index (χ2n) is 4.93. The topological polar surface area (TPSA) is 125 Å². The number of carboxylic acid groups (broad SMARTS) is 1. The maximum absolute atomic E-state index is 11.4. The molecule has 8 heteroatoms. The van der Waals surface area contributed by atoms with Crippen LogP contribution >= 0.6 is 0 Å². The first-order valence-electron chi connectivity index (χ1n) is 7.41. The molecule has 0 saturated heterocycles. The van der Waals surface area contributed by atoms with E-state index in [9.17, 15) is 15.0 Å². The Morgan fingerprint density at radius 1 is 1.38 bits per heavy atom. The number of aliphatic hydroxyl groups excluding tert-OH is 2. The molecule has 0 aliphatic heterocycles. The van der Waals surface area contributed by atoms with Crippen LogP contribution in [0.1, 0.15) is 17.3 Å². The largest absolute Gasteiger partial charge is 0.493 e. The van der Waals surface area contributed by atoms with Crippen molar-refractivity contribution in [1.82, 2.24) is 9.97 Å². The van der Waals surface area contributed by atoms with Crippen molar-refractivity contribution in [2.75, 3.05) is 25.1 Å². The molecule has 0 fully saturated rings. The van der Waals surface area contributed by atoms with Crippen LogP contribution < -0.4 is 10.1 Å². The van der Waals surface area contributed by atoms with Gasteiger partial charge in [0.25, 0.3) is 0 Å². The third kappa shape index (κ3) is 4.40. The standard InChI is InChI=1S/C16H19N3O5/c1-2-24-14-4-3-10(7-12(14)15(22)23)13-5-6-17-16(19-13)18-8-11(21)9-20/h3-7,11,20-21H,2,8-9H2,1H3,(H,22,23)(H,17,18,19)/t11-/m0/s1. The van der Waals surface area contributed by atoms with E-state index in [1.165, 1.54) is 12.3 Å². The number of benzene rings is 1. The molecule has 0 saturated carbocycles. The van der Waals surface area contributed by atoms with E-state index in [4.69, 9.17) is 9.84 Å². The van der Waals surface area contributed by atoms with Gasteiger partial charge in [-0.05, 0) is 31.2 Å². The molecule has 128 valence electrons. The predicted molar refractivity (Wildman–Crippen MR) is 87.2 cm³/mol. The number of aromatic nitrogens is 2. The second kappa shape index (κ2) is 8.23. The zero-order chi connectivity index (χ0) is 17.5. The van der Waals surface area contributed by atoms with Gasteiger partial charge in [0, 0.05) is 18.3 Å². The molecule has 0 bridgehead atoms. The third-order valence-electron chi connectivity index (χ3n) is 3.17. The van der Waals surface area contributed by atoms with Gasteiger partial charge in [-0.15, -0.1) is 0 Å². The molecule has 0 radical (unpaired) electrons. The van der Waals surface area contributed by atoms with Crippen molar-refractivity contribution in [2.45, 2.75) is 13.0 Å². The summed E-state index contributed by atoms with van der Waals surface area (Å²) in [6.45, 7) is 1.88. The Morgan fingerprint density at radius 3 is 2.83 bits per heavy atom. The first-order chi connectivity index (χ1) is 11.5. The van der Waals surface area contributed by atoms with Crippen molar-refractivity contribution in [3.05, 3.63) is 36.0 Å². The Morgan fingerprint density at radius 2 is 2.17 bits per heavy atom. The average Bonchev–Trinajstić information content (AvgIpc) is 2.60. The van der Waals surface area contributed by atoms with Crippen molar-refractivity contribution in [1.29, 1.82) is 0 Å². The van der Waals surface area contributed by atoms with E-state index in [1.807, 2.05) is 0 Å². The Kier molecular flexibility index (Phi) is 6.05. The van der Waals surface area contributed by atoms with Gasteiger partial charge in [0.2, 0.25) is 5.95 Å². The molecule has 0 spiro atoms. The highest BCUT2D eigenvalue weighted by atomic mass is 16.5. The van der Waals surface area contributed by atoms with E-state index in [0.717, 1.165) is 0 Å². The minimum absolute atomic E-state index is 0.0539. The Balaban J connectivity index is 2.28. The summed E-state index contributed by atoms with van der Waals surface area (Å²) in [6.07, 6.45) is 0.605. The maximum atomic E-state index is 11.4. The van der Waals surface area contributed by atoms with E-state index in [2.05, 4.69) is 15.3 Å². The number of aliphatic hydroxyl groups is 2. The number of hydrogen-bond donors (Lipinski definition) is 4. The zero-order valence-electron chi connectivity index (χ0n) is 13.1. The number of anilines is 1. The molecule has 24 heavy (non-hydrogen) atoms. The van der Waals surface area contributed by atoms with Crippen LogP contribution in [0.2, 0.25) is 0 Å². The Bertz CT molecular complexity index is 708. The maximum Gasteiger partial charge on any atom is 0.339 e. The number of aromatic carboxylic acids is 1. The molecule has 2 rings (SSSR count). The number of hydrogen-bond acceptors (Lipinski definition) is 7. The molecule has 2 aromatic rings. The molecule has 1 aromatic carbocycles. The van der Waals surface area contributed by atoms with Crippen molar-refractivity contribution < 1.29 is 24.9 Å². The number of ether oxygens (including phenoxy) is 1. The minimum Gasteiger partial charge on any atom is -0.493 e. The number of carboxylic acids is 1. The lowest BCUT2D eigenvalue weighted by Gasteiger charge is -2.11. The van der Waals surface area contributed by atoms with Crippen LogP contribution in [0.15, 0.2) is 30.5 Å². The fourth-order valence-electron chi connectivity index (χ4n) is 2.02. The van der Waals surface area contributed by atoms with E-state index in [0.29, 0.717) is 23.6 Å². The summed E-state index contributed by atoms with van der Waals surface area (Å²) in [6, 6.07) is 6.44. The summed E-state index contributed by atoms with van der Waals surface area (Å²) in [7, 11) is 0. The van der Waals surface area contributed by atoms with Crippen molar-refractivity contribution in [2.24, 2.45) is 0 Å². The van der Waals surface area contributed by atoms with Crippen LogP contribution in [0.3, 0.4) is 0 Å². The lowest BCUT2D eigenvalue weighted by molar-refractivity contribution is 0.0692. The lowest BCUT2D eigenvalue weighted by atomic mass is 10.1. The molecular formula is C16H19N3O5. The zero-order valence-corrected chi connectivity index (χ0v) is 13.1. The molecule has 0 aliphatic carbocycles. The quantitative estimate of drug-likeness (QED) is 0.564. The monoisotopic (exact) mass is 333 g/mol. The van der Waals surface area contributed by atoms with Crippen LogP contribution in [0.25, 0.3) is 11.3 Å². The van der Waals surface area contributed by atoms with Gasteiger partial charge in [-0.3, -0.25) is 0 Å². The third-order valence-corrected chi connectivity index (χ3v) is 3.17. The Labute approximate surface area is 138 Å². The number of nitrogens with one attached hydrogen (secondary N) is 1. The van der Waals surface area contributed by atoms with Gasteiger partial charge in [0.15, 0.2) is 0 Å². The summed E-state index contributed by atoms with van der Waals surface area (Å²) in [5, 5.41) is 30.3. The highest BCUT2D eigenvalue weighted by Crippen LogP contribution is 2.26. The SMILES string of the molecule is CCOc1ccc(-c2ccnc(NC[C@H](O)CO)n2)cc1C(=O)O. The normalized spacial score (nSPS) is 11.8. The van der Waals surface area contributed by atoms with Crippen LogP contribution in [-0.2, 0) is 0 Å². The molecule has 1 aromatic heterocycles. The highest BCUT2D eigenvalue weighted by molar-refractivity contribution is 5.92. The van der Waals surface area contributed by atoms with Gasteiger partial charge in [-0.25, -0.2) is 14.8 Å². The summed E-state index contributed by atoms with van der Waals surface area (Å²) < 4.78 is 5.31. The fraction of sp³-hybridized carbons (Fsp3) is 0.312. The number of rotatable bonds is 8. The molecular weight excluding hydrogens is 314 g/mol. The van der Waals surface area contributed by atoms with Gasteiger partial charge in [0.1, 0.15) is 11.3 Å². The fourth-order valence-corrected chi connectivity index (χ4v) is 2.02. The molecule has 1 heterocycles. The van der Waals surface area contributed by atoms with Crippen LogP contribution in [0.5, 0.6) is 5.75 Å². The van der Waals surface area contributed by atoms with Crippen LogP contribution in [0, 0.1) is 0 Å².